The van der Waals surface area contributed by atoms with Crippen LogP contribution in [0.3, 0.4) is 0 Å². The molecule has 1 unspecified atom stereocenters. The number of β-lactam (4-membered cyclic amide) rings is 1. The molecule has 9 heteroatoms. The Hall–Kier alpha value is -3.20. The Labute approximate surface area is 189 Å². The van der Waals surface area contributed by atoms with Gasteiger partial charge in [-0.3, -0.25) is 19.9 Å². The van der Waals surface area contributed by atoms with Crippen LogP contribution in [-0.4, -0.2) is 49.6 Å². The van der Waals surface area contributed by atoms with Gasteiger partial charge in [-0.25, -0.2) is 4.79 Å². The lowest BCUT2D eigenvalue weighted by atomic mass is 9.87. The Balaban J connectivity index is 1.48. The van der Waals surface area contributed by atoms with Crippen LogP contribution in [0.2, 0.25) is 0 Å². The second-order valence-electron chi connectivity index (χ2n) is 8.54. The second kappa shape index (κ2) is 8.05. The number of non-ortho nitro benzene ring substituents is 1. The number of nitro groups is 1. The molecule has 8 nitrogen and oxygen atoms in total. The fourth-order valence-corrected chi connectivity index (χ4v) is 5.64. The van der Waals surface area contributed by atoms with Crippen LogP contribution >= 0.6 is 11.8 Å². The first-order chi connectivity index (χ1) is 15.1. The van der Waals surface area contributed by atoms with Crippen molar-refractivity contribution >= 4 is 35.5 Å². The number of carbonyl (C=O) groups excluding carboxylic acids is 2. The van der Waals surface area contributed by atoms with Crippen molar-refractivity contribution in [1.29, 1.82) is 0 Å². The maximum atomic E-state index is 13.1. The predicted octanol–water partition coefficient (Wildman–Crippen LogP) is 3.58. The van der Waals surface area contributed by atoms with Crippen LogP contribution in [0.4, 0.5) is 5.69 Å². The van der Waals surface area contributed by atoms with E-state index in [1.807, 2.05) is 44.2 Å². The van der Waals surface area contributed by atoms with Gasteiger partial charge in [0.1, 0.15) is 18.0 Å². The van der Waals surface area contributed by atoms with Crippen LogP contribution in [0.15, 0.2) is 59.6 Å². The third-order valence-electron chi connectivity index (χ3n) is 5.79. The van der Waals surface area contributed by atoms with Crippen molar-refractivity contribution < 1.29 is 19.2 Å². The molecule has 0 aliphatic carbocycles. The van der Waals surface area contributed by atoms with E-state index in [0.717, 1.165) is 5.56 Å². The Morgan fingerprint density at radius 2 is 1.84 bits per heavy atom. The lowest BCUT2D eigenvalue weighted by molar-refractivity contribution is -0.384. The Morgan fingerprint density at radius 3 is 2.47 bits per heavy atom. The minimum Gasteiger partial charge on any atom is -0.459 e. The van der Waals surface area contributed by atoms with Crippen LogP contribution in [0.25, 0.3) is 0 Å². The second-order valence-corrected chi connectivity index (χ2v) is 10.3. The largest absolute Gasteiger partial charge is 0.459 e. The number of thioether (sulfide) groups is 1. The summed E-state index contributed by atoms with van der Waals surface area (Å²) in [5.74, 6) is -0.663. The number of rotatable bonds is 6. The van der Waals surface area contributed by atoms with E-state index >= 15 is 0 Å². The highest BCUT2D eigenvalue weighted by Gasteiger charge is 2.69. The van der Waals surface area contributed by atoms with Gasteiger partial charge >= 0.3 is 5.97 Å². The quantitative estimate of drug-likeness (QED) is 0.218. The molecule has 166 valence electrons. The number of ether oxygens (including phenoxy) is 1. The normalized spacial score (nSPS) is 26.0. The fraction of sp³-hybridized carbons (Fsp3) is 0.348. The maximum absolute atomic E-state index is 13.1. The summed E-state index contributed by atoms with van der Waals surface area (Å²) in [6, 6.07) is 14.7. The molecule has 0 spiro atoms. The third kappa shape index (κ3) is 3.77. The number of carbonyl (C=O) groups is 2. The fourth-order valence-electron chi connectivity index (χ4n) is 4.00. The van der Waals surface area contributed by atoms with Gasteiger partial charge in [0.25, 0.3) is 11.6 Å². The molecular formula is C23H23N3O5S. The van der Waals surface area contributed by atoms with Crippen molar-refractivity contribution in [3.63, 3.8) is 0 Å². The summed E-state index contributed by atoms with van der Waals surface area (Å²) in [6.07, 6.45) is 1.55. The molecule has 2 aromatic carbocycles. The lowest BCUT2D eigenvalue weighted by Crippen LogP contribution is -2.71. The first-order valence-corrected chi connectivity index (χ1v) is 11.0. The minimum absolute atomic E-state index is 0.00999. The summed E-state index contributed by atoms with van der Waals surface area (Å²) in [6.45, 7) is 5.76. The molecule has 1 amide bonds. The number of esters is 1. The van der Waals surface area contributed by atoms with E-state index in [-0.39, 0.29) is 23.6 Å². The molecule has 3 atom stereocenters. The zero-order chi connectivity index (χ0) is 23.1. The van der Waals surface area contributed by atoms with Gasteiger partial charge in [-0.1, -0.05) is 30.3 Å². The Bertz CT molecular complexity index is 1090. The van der Waals surface area contributed by atoms with Gasteiger partial charge in [0.05, 0.1) is 4.92 Å². The SMILES string of the molecule is CC1(C)S[C@H]2N(C(=O)C2(C)N=Cc2ccc([N+](=O)[O-])cc2)[C@H]1C(=O)OCc1ccccc1. The molecule has 0 radical (unpaired) electrons. The van der Waals surface area contributed by atoms with Gasteiger partial charge in [-0.2, -0.15) is 0 Å². The molecule has 2 heterocycles. The van der Waals surface area contributed by atoms with Gasteiger partial charge in [-0.05, 0) is 44.0 Å². The number of fused-ring (bicyclic) bond motifs is 1. The van der Waals surface area contributed by atoms with Crippen LogP contribution in [0.5, 0.6) is 0 Å². The number of benzene rings is 2. The molecule has 0 bridgehead atoms. The van der Waals surface area contributed by atoms with Crippen LogP contribution in [-0.2, 0) is 20.9 Å². The van der Waals surface area contributed by atoms with Gasteiger partial charge in [0.2, 0.25) is 0 Å². The Kier molecular flexibility index (Phi) is 5.54. The summed E-state index contributed by atoms with van der Waals surface area (Å²) < 4.78 is 5.00. The van der Waals surface area contributed by atoms with Crippen molar-refractivity contribution in [3.05, 3.63) is 75.8 Å². The lowest BCUT2D eigenvalue weighted by Gasteiger charge is -2.49. The standard InChI is InChI=1S/C23H23N3O5S/c1-22(2)18(19(27)31-14-16-7-5-4-6-8-16)25-20(28)23(3,21(25)32-22)24-13-15-9-11-17(12-10-15)26(29)30/h4-13,18,21H,14H2,1-3H3/t18-,21+,23?/m0/s1. The van der Waals surface area contributed by atoms with Gasteiger partial charge in [0, 0.05) is 23.1 Å². The van der Waals surface area contributed by atoms with Gasteiger partial charge in [0.15, 0.2) is 5.54 Å². The first-order valence-electron chi connectivity index (χ1n) is 10.1. The van der Waals surface area contributed by atoms with E-state index in [9.17, 15) is 19.7 Å². The van der Waals surface area contributed by atoms with Gasteiger partial charge in [-0.15, -0.1) is 11.8 Å². The van der Waals surface area contributed by atoms with Crippen LogP contribution < -0.4 is 0 Å². The number of hydrogen-bond donors (Lipinski definition) is 0. The summed E-state index contributed by atoms with van der Waals surface area (Å²) >= 11 is 1.53. The molecule has 2 aromatic rings. The van der Waals surface area contributed by atoms with E-state index in [0.29, 0.717) is 5.56 Å². The highest BCUT2D eigenvalue weighted by atomic mass is 32.2. The summed E-state index contributed by atoms with van der Waals surface area (Å²) in [5, 5.41) is 10.5. The molecule has 2 fully saturated rings. The summed E-state index contributed by atoms with van der Waals surface area (Å²) in [5.41, 5.74) is 0.514. The number of hydrogen-bond acceptors (Lipinski definition) is 7. The topological polar surface area (TPSA) is 102 Å². The van der Waals surface area contributed by atoms with E-state index in [4.69, 9.17) is 4.74 Å². The monoisotopic (exact) mass is 453 g/mol. The molecule has 4 rings (SSSR count). The smallest absolute Gasteiger partial charge is 0.330 e. The summed E-state index contributed by atoms with van der Waals surface area (Å²) in [4.78, 5) is 42.5. The minimum atomic E-state index is -1.02. The van der Waals surface area contributed by atoms with Crippen molar-refractivity contribution in [2.45, 2.75) is 49.1 Å². The van der Waals surface area contributed by atoms with Crippen molar-refractivity contribution in [2.24, 2.45) is 4.99 Å². The van der Waals surface area contributed by atoms with E-state index < -0.39 is 27.2 Å². The molecule has 2 aliphatic heterocycles. The van der Waals surface area contributed by atoms with Crippen molar-refractivity contribution in [2.75, 3.05) is 0 Å². The zero-order valence-corrected chi connectivity index (χ0v) is 18.7. The molecule has 0 aromatic heterocycles. The van der Waals surface area contributed by atoms with Crippen LogP contribution in [0, 0.1) is 10.1 Å². The first kappa shape index (κ1) is 22.0. The molecule has 32 heavy (non-hydrogen) atoms. The molecule has 2 aliphatic rings. The molecule has 2 saturated heterocycles. The number of amides is 1. The van der Waals surface area contributed by atoms with Gasteiger partial charge < -0.3 is 9.64 Å². The number of nitro benzene ring substituents is 1. The highest BCUT2D eigenvalue weighted by molar-refractivity contribution is 8.01. The Morgan fingerprint density at radius 1 is 1.19 bits per heavy atom. The average molecular weight is 454 g/mol. The van der Waals surface area contributed by atoms with E-state index in [1.165, 1.54) is 23.9 Å². The molecule has 0 saturated carbocycles. The molecular weight excluding hydrogens is 430 g/mol. The third-order valence-corrected chi connectivity index (χ3v) is 7.53. The molecule has 0 N–H and O–H groups in total. The average Bonchev–Trinajstić information content (AvgIpc) is 3.06. The van der Waals surface area contributed by atoms with E-state index in [2.05, 4.69) is 4.99 Å². The number of aliphatic imine (C=N–C) groups is 1. The van der Waals surface area contributed by atoms with Crippen molar-refractivity contribution in [3.8, 4) is 0 Å². The van der Waals surface area contributed by atoms with Crippen molar-refractivity contribution in [1.82, 2.24) is 4.90 Å². The predicted molar refractivity (Wildman–Crippen MR) is 121 cm³/mol. The maximum Gasteiger partial charge on any atom is 0.330 e. The summed E-state index contributed by atoms with van der Waals surface area (Å²) in [7, 11) is 0. The number of nitrogens with zero attached hydrogens (tertiary/aromatic N) is 3. The van der Waals surface area contributed by atoms with E-state index in [1.54, 1.807) is 30.2 Å². The zero-order valence-electron chi connectivity index (χ0n) is 17.9. The highest BCUT2D eigenvalue weighted by Crippen LogP contribution is 2.56. The van der Waals surface area contributed by atoms with Crippen LogP contribution in [0.1, 0.15) is 31.9 Å².